The molecule has 7 nitrogen and oxygen atoms in total. The Hall–Kier alpha value is -1.60. The van der Waals surface area contributed by atoms with Crippen molar-refractivity contribution >= 4 is 11.5 Å². The molecule has 1 fully saturated rings. The van der Waals surface area contributed by atoms with Crippen molar-refractivity contribution in [2.45, 2.75) is 6.10 Å². The number of ether oxygens (including phenoxy) is 1. The fourth-order valence-corrected chi connectivity index (χ4v) is 1.83. The second-order valence-corrected chi connectivity index (χ2v) is 4.05. The first-order valence-electron chi connectivity index (χ1n) is 5.55. The summed E-state index contributed by atoms with van der Waals surface area (Å²) in [6.07, 6.45) is 1.44. The van der Waals surface area contributed by atoms with Crippen molar-refractivity contribution in [3.8, 4) is 0 Å². The smallest absolute Gasteiger partial charge is 0.276 e. The van der Waals surface area contributed by atoms with Crippen molar-refractivity contribution in [2.24, 2.45) is 0 Å². The molecule has 94 valence electrons. The van der Waals surface area contributed by atoms with E-state index >= 15 is 0 Å². The van der Waals surface area contributed by atoms with Crippen molar-refractivity contribution in [1.82, 2.24) is 15.3 Å². The van der Waals surface area contributed by atoms with Crippen LogP contribution in [0.1, 0.15) is 0 Å². The summed E-state index contributed by atoms with van der Waals surface area (Å²) in [4.78, 5) is 19.7. The lowest BCUT2D eigenvalue weighted by atomic mass is 10.3. The van der Waals surface area contributed by atoms with E-state index in [4.69, 9.17) is 10.5 Å². The van der Waals surface area contributed by atoms with Crippen LogP contribution in [-0.2, 0) is 4.74 Å². The average molecular weight is 239 g/mol. The van der Waals surface area contributed by atoms with Crippen LogP contribution in [-0.4, -0.2) is 49.4 Å². The molecule has 0 aliphatic carbocycles. The Bertz CT molecular complexity index is 427. The summed E-state index contributed by atoms with van der Waals surface area (Å²) in [5.74, 6) is 0.489. The number of H-pyrrole nitrogens is 1. The van der Waals surface area contributed by atoms with Gasteiger partial charge in [0.2, 0.25) is 0 Å². The summed E-state index contributed by atoms with van der Waals surface area (Å²) in [6.45, 7) is 3.03. The van der Waals surface area contributed by atoms with Crippen LogP contribution in [0.5, 0.6) is 0 Å². The summed E-state index contributed by atoms with van der Waals surface area (Å²) in [5, 5.41) is 3.25. The molecule has 0 bridgehead atoms. The maximum atomic E-state index is 11.3. The van der Waals surface area contributed by atoms with Gasteiger partial charge in [-0.15, -0.1) is 0 Å². The average Bonchev–Trinajstić information content (AvgIpc) is 2.34. The highest BCUT2D eigenvalue weighted by molar-refractivity contribution is 5.60. The molecule has 1 unspecified atom stereocenters. The summed E-state index contributed by atoms with van der Waals surface area (Å²) < 4.78 is 5.58. The maximum absolute atomic E-state index is 11.3. The Balaban J connectivity index is 2.06. The molecule has 0 amide bonds. The molecule has 7 heteroatoms. The molecule has 0 aromatic carbocycles. The van der Waals surface area contributed by atoms with Gasteiger partial charge in [-0.1, -0.05) is 0 Å². The lowest BCUT2D eigenvalue weighted by Crippen LogP contribution is -2.45. The van der Waals surface area contributed by atoms with E-state index in [0.29, 0.717) is 19.0 Å². The van der Waals surface area contributed by atoms with Crippen LogP contribution in [0.2, 0.25) is 0 Å². The van der Waals surface area contributed by atoms with Crippen LogP contribution in [0, 0.1) is 0 Å². The Labute approximate surface area is 99.0 Å². The fraction of sp³-hybridized carbons (Fsp3) is 0.600. The number of nitrogens with two attached hydrogens (primary N) is 1. The van der Waals surface area contributed by atoms with Gasteiger partial charge >= 0.3 is 0 Å². The standard InChI is InChI=1S/C10H17N5O2/c1-15(5-7-4-12-2-3-17-7)9-8(11)10(16)14-6-13-9/h6-7,12H,2-5,11H2,1H3,(H,13,14,16). The highest BCUT2D eigenvalue weighted by atomic mass is 16.5. The minimum Gasteiger partial charge on any atom is -0.391 e. The van der Waals surface area contributed by atoms with Gasteiger partial charge < -0.3 is 25.7 Å². The minimum absolute atomic E-state index is 0.0919. The van der Waals surface area contributed by atoms with E-state index in [0.717, 1.165) is 13.1 Å². The number of nitrogens with one attached hydrogen (secondary N) is 2. The molecule has 1 saturated heterocycles. The van der Waals surface area contributed by atoms with E-state index in [1.165, 1.54) is 6.33 Å². The van der Waals surface area contributed by atoms with Gasteiger partial charge in [-0.05, 0) is 0 Å². The van der Waals surface area contributed by atoms with Crippen molar-refractivity contribution in [1.29, 1.82) is 0 Å². The topological polar surface area (TPSA) is 96.3 Å². The normalized spacial score (nSPS) is 20.2. The molecule has 0 radical (unpaired) electrons. The monoisotopic (exact) mass is 239 g/mol. The number of rotatable bonds is 3. The highest BCUT2D eigenvalue weighted by Crippen LogP contribution is 2.14. The zero-order valence-corrected chi connectivity index (χ0v) is 9.77. The summed E-state index contributed by atoms with van der Waals surface area (Å²) >= 11 is 0. The van der Waals surface area contributed by atoms with Gasteiger partial charge in [0, 0.05) is 26.7 Å². The van der Waals surface area contributed by atoms with Gasteiger partial charge in [-0.3, -0.25) is 4.79 Å². The lowest BCUT2D eigenvalue weighted by Gasteiger charge is -2.28. The lowest BCUT2D eigenvalue weighted by molar-refractivity contribution is 0.0339. The van der Waals surface area contributed by atoms with Crippen LogP contribution in [0.15, 0.2) is 11.1 Å². The molecule has 4 N–H and O–H groups in total. The Morgan fingerprint density at radius 3 is 3.24 bits per heavy atom. The van der Waals surface area contributed by atoms with E-state index in [-0.39, 0.29) is 17.4 Å². The number of morpholine rings is 1. The zero-order chi connectivity index (χ0) is 12.3. The Morgan fingerprint density at radius 2 is 2.53 bits per heavy atom. The van der Waals surface area contributed by atoms with Gasteiger partial charge in [0.25, 0.3) is 5.56 Å². The highest BCUT2D eigenvalue weighted by Gasteiger charge is 2.18. The molecule has 1 atom stereocenters. The summed E-state index contributed by atoms with van der Waals surface area (Å²) in [6, 6.07) is 0. The molecule has 17 heavy (non-hydrogen) atoms. The van der Waals surface area contributed by atoms with E-state index in [1.54, 1.807) is 0 Å². The van der Waals surface area contributed by atoms with Crippen molar-refractivity contribution in [3.63, 3.8) is 0 Å². The van der Waals surface area contributed by atoms with Crippen molar-refractivity contribution < 1.29 is 4.74 Å². The van der Waals surface area contributed by atoms with Crippen LogP contribution in [0.25, 0.3) is 0 Å². The Kier molecular flexibility index (Phi) is 3.60. The molecule has 2 heterocycles. The molecule has 1 aromatic rings. The SMILES string of the molecule is CN(CC1CNCCO1)c1nc[nH]c(=O)c1N. The number of hydrogen-bond donors (Lipinski definition) is 3. The molecule has 1 aromatic heterocycles. The van der Waals surface area contributed by atoms with Gasteiger partial charge in [0.05, 0.1) is 19.0 Å². The second-order valence-electron chi connectivity index (χ2n) is 4.05. The van der Waals surface area contributed by atoms with E-state index in [9.17, 15) is 4.79 Å². The number of hydrogen-bond acceptors (Lipinski definition) is 6. The van der Waals surface area contributed by atoms with Gasteiger partial charge in [0.15, 0.2) is 5.82 Å². The molecule has 0 spiro atoms. The third-order valence-corrected chi connectivity index (χ3v) is 2.71. The third-order valence-electron chi connectivity index (χ3n) is 2.71. The predicted molar refractivity (Wildman–Crippen MR) is 65.1 cm³/mol. The molecule has 1 aliphatic rings. The quantitative estimate of drug-likeness (QED) is 0.611. The molecule has 1 aliphatic heterocycles. The van der Waals surface area contributed by atoms with Gasteiger partial charge in [-0.25, -0.2) is 4.98 Å². The number of nitrogens with zero attached hydrogens (tertiary/aromatic N) is 2. The third kappa shape index (κ3) is 2.75. The minimum atomic E-state index is -0.315. The van der Waals surface area contributed by atoms with E-state index < -0.39 is 0 Å². The van der Waals surface area contributed by atoms with Gasteiger partial charge in [0.1, 0.15) is 5.69 Å². The number of aromatic amines is 1. The van der Waals surface area contributed by atoms with E-state index in [1.807, 2.05) is 11.9 Å². The van der Waals surface area contributed by atoms with Crippen LogP contribution in [0.4, 0.5) is 11.5 Å². The van der Waals surface area contributed by atoms with Crippen LogP contribution in [0.3, 0.4) is 0 Å². The van der Waals surface area contributed by atoms with Crippen molar-refractivity contribution in [2.75, 3.05) is 43.9 Å². The predicted octanol–water partition coefficient (Wildman–Crippen LogP) is -1.22. The first kappa shape index (κ1) is 11.9. The first-order valence-corrected chi connectivity index (χ1v) is 5.55. The molecular formula is C10H17N5O2. The Morgan fingerprint density at radius 1 is 1.71 bits per heavy atom. The number of aromatic nitrogens is 2. The van der Waals surface area contributed by atoms with Crippen LogP contribution >= 0.6 is 0 Å². The summed E-state index contributed by atoms with van der Waals surface area (Å²) in [7, 11) is 1.84. The van der Waals surface area contributed by atoms with Crippen LogP contribution < -0.4 is 21.5 Å². The molecule has 0 saturated carbocycles. The fourth-order valence-electron chi connectivity index (χ4n) is 1.83. The summed E-state index contributed by atoms with van der Waals surface area (Å²) in [5.41, 5.74) is 5.51. The first-order chi connectivity index (χ1) is 8.18. The molecular weight excluding hydrogens is 222 g/mol. The number of nitrogen functional groups attached to an aromatic ring is 1. The number of anilines is 2. The van der Waals surface area contributed by atoms with Gasteiger partial charge in [-0.2, -0.15) is 0 Å². The second kappa shape index (κ2) is 5.15. The maximum Gasteiger partial charge on any atom is 0.276 e. The van der Waals surface area contributed by atoms with E-state index in [2.05, 4.69) is 15.3 Å². The number of likely N-dealkylation sites (N-methyl/N-ethyl adjacent to an activating group) is 1. The largest absolute Gasteiger partial charge is 0.391 e. The zero-order valence-electron chi connectivity index (χ0n) is 9.77. The molecule has 2 rings (SSSR count). The van der Waals surface area contributed by atoms with Crippen molar-refractivity contribution in [3.05, 3.63) is 16.7 Å².